The lowest BCUT2D eigenvalue weighted by Gasteiger charge is -2.18. The van der Waals surface area contributed by atoms with Crippen LogP contribution < -0.4 is 0 Å². The molecule has 0 saturated carbocycles. The van der Waals surface area contributed by atoms with Crippen molar-refractivity contribution in [3.8, 4) is 0 Å². The first-order chi connectivity index (χ1) is 6.77. The number of hydrogen-bond donors (Lipinski definition) is 1. The van der Waals surface area contributed by atoms with Gasteiger partial charge in [0.25, 0.3) is 10.1 Å². The molecule has 5 heteroatoms. The number of benzene rings is 1. The smallest absolute Gasteiger partial charge is 0.277 e. The normalized spacial score (nSPS) is 12.5. The van der Waals surface area contributed by atoms with Crippen LogP contribution in [-0.4, -0.2) is 23.5 Å². The van der Waals surface area contributed by atoms with Gasteiger partial charge in [0.1, 0.15) is 0 Å². The summed E-state index contributed by atoms with van der Waals surface area (Å²) in [5.74, 6) is -0.620. The number of hydrogen-bond acceptors (Lipinski definition) is 3. The first kappa shape index (κ1) is 11.9. The van der Waals surface area contributed by atoms with E-state index in [0.717, 1.165) is 0 Å². The number of carbonyl (C=O) groups is 1. The Bertz CT molecular complexity index is 459. The first-order valence-corrected chi connectivity index (χ1v) is 5.77. The Kier molecular flexibility index (Phi) is 2.97. The van der Waals surface area contributed by atoms with Crippen molar-refractivity contribution in [1.29, 1.82) is 0 Å². The van der Waals surface area contributed by atoms with E-state index in [-0.39, 0.29) is 5.56 Å². The maximum Gasteiger partial charge on any atom is 0.277 e. The van der Waals surface area contributed by atoms with Crippen LogP contribution in [0.2, 0.25) is 0 Å². The van der Waals surface area contributed by atoms with Crippen LogP contribution in [0.15, 0.2) is 30.3 Å². The van der Waals surface area contributed by atoms with E-state index in [1.54, 1.807) is 18.2 Å². The van der Waals surface area contributed by atoms with Gasteiger partial charge in [-0.15, -0.1) is 0 Å². The second-order valence-electron chi connectivity index (χ2n) is 3.68. The summed E-state index contributed by atoms with van der Waals surface area (Å²) in [6.45, 7) is 2.36. The van der Waals surface area contributed by atoms with E-state index in [1.807, 2.05) is 0 Å². The molecule has 1 aromatic carbocycles. The zero-order valence-electron chi connectivity index (χ0n) is 8.47. The molecule has 4 nitrogen and oxygen atoms in total. The van der Waals surface area contributed by atoms with Gasteiger partial charge in [0, 0.05) is 5.56 Å². The number of Topliss-reactive ketones (excluding diaryl/α,β-unsaturated/α-hetero) is 1. The van der Waals surface area contributed by atoms with Gasteiger partial charge >= 0.3 is 0 Å². The van der Waals surface area contributed by atoms with E-state index in [1.165, 1.54) is 26.0 Å². The largest absolute Gasteiger partial charge is 0.292 e. The lowest BCUT2D eigenvalue weighted by Crippen LogP contribution is -2.40. The zero-order valence-corrected chi connectivity index (χ0v) is 9.28. The molecule has 0 atom stereocenters. The Morgan fingerprint density at radius 3 is 2.07 bits per heavy atom. The third-order valence-electron chi connectivity index (χ3n) is 2.23. The lowest BCUT2D eigenvalue weighted by atomic mass is 10.0. The van der Waals surface area contributed by atoms with E-state index in [9.17, 15) is 13.2 Å². The van der Waals surface area contributed by atoms with Crippen LogP contribution in [0.4, 0.5) is 0 Å². The van der Waals surface area contributed by atoms with Gasteiger partial charge < -0.3 is 0 Å². The van der Waals surface area contributed by atoms with E-state index in [4.69, 9.17) is 4.55 Å². The van der Waals surface area contributed by atoms with Gasteiger partial charge in [-0.2, -0.15) is 8.42 Å². The highest BCUT2D eigenvalue weighted by Gasteiger charge is 2.40. The van der Waals surface area contributed by atoms with Crippen molar-refractivity contribution in [2.24, 2.45) is 0 Å². The van der Waals surface area contributed by atoms with E-state index < -0.39 is 20.6 Å². The Morgan fingerprint density at radius 2 is 1.67 bits per heavy atom. The molecule has 0 aliphatic carbocycles. The highest BCUT2D eigenvalue weighted by atomic mass is 32.2. The third kappa shape index (κ3) is 2.24. The van der Waals surface area contributed by atoms with Gasteiger partial charge in [0.15, 0.2) is 10.5 Å². The van der Waals surface area contributed by atoms with Crippen molar-refractivity contribution in [2.75, 3.05) is 0 Å². The fraction of sp³-hybridized carbons (Fsp3) is 0.300. The third-order valence-corrected chi connectivity index (χ3v) is 3.70. The van der Waals surface area contributed by atoms with Gasteiger partial charge in [0.2, 0.25) is 0 Å². The quantitative estimate of drug-likeness (QED) is 0.629. The average Bonchev–Trinajstić information content (AvgIpc) is 2.16. The van der Waals surface area contributed by atoms with Crippen LogP contribution in [-0.2, 0) is 10.1 Å². The molecule has 0 amide bonds. The molecule has 0 aliphatic heterocycles. The summed E-state index contributed by atoms with van der Waals surface area (Å²) in [6.07, 6.45) is 0. The van der Waals surface area contributed by atoms with Crippen molar-refractivity contribution >= 4 is 15.9 Å². The topological polar surface area (TPSA) is 71.4 Å². The molecule has 0 aromatic heterocycles. The monoisotopic (exact) mass is 228 g/mol. The lowest BCUT2D eigenvalue weighted by molar-refractivity contribution is 0.0950. The van der Waals surface area contributed by atoms with Crippen molar-refractivity contribution in [2.45, 2.75) is 18.6 Å². The Hall–Kier alpha value is -1.20. The van der Waals surface area contributed by atoms with Gasteiger partial charge in [-0.05, 0) is 13.8 Å². The summed E-state index contributed by atoms with van der Waals surface area (Å²) in [7, 11) is -4.40. The SMILES string of the molecule is CC(C)(C(=O)c1ccccc1)S(=O)(=O)O. The van der Waals surface area contributed by atoms with Crippen LogP contribution in [0.3, 0.4) is 0 Å². The molecular formula is C10H12O4S. The van der Waals surface area contributed by atoms with Gasteiger partial charge in [-0.25, -0.2) is 0 Å². The molecule has 1 N–H and O–H groups in total. The number of ketones is 1. The highest BCUT2D eigenvalue weighted by Crippen LogP contribution is 2.20. The number of carbonyl (C=O) groups excluding carboxylic acids is 1. The summed E-state index contributed by atoms with van der Waals surface area (Å²) in [6, 6.07) is 8.00. The Balaban J connectivity index is 3.17. The summed E-state index contributed by atoms with van der Waals surface area (Å²) in [4.78, 5) is 11.8. The van der Waals surface area contributed by atoms with Crippen LogP contribution in [0.1, 0.15) is 24.2 Å². The zero-order chi connectivity index (χ0) is 11.7. The van der Waals surface area contributed by atoms with Gasteiger partial charge in [-0.3, -0.25) is 9.35 Å². The molecule has 0 heterocycles. The molecule has 1 rings (SSSR count). The van der Waals surface area contributed by atoms with Crippen LogP contribution in [0.25, 0.3) is 0 Å². The van der Waals surface area contributed by atoms with E-state index in [2.05, 4.69) is 0 Å². The summed E-state index contributed by atoms with van der Waals surface area (Å²) in [5, 5.41) is 0. The molecule has 0 radical (unpaired) electrons. The predicted molar refractivity (Wildman–Crippen MR) is 56.4 cm³/mol. The van der Waals surface area contributed by atoms with Crippen molar-refractivity contribution < 1.29 is 17.8 Å². The maximum atomic E-state index is 11.8. The molecule has 0 saturated heterocycles. The van der Waals surface area contributed by atoms with Crippen molar-refractivity contribution in [3.63, 3.8) is 0 Å². The Labute approximate surface area is 88.7 Å². The highest BCUT2D eigenvalue weighted by molar-refractivity contribution is 7.88. The summed E-state index contributed by atoms with van der Waals surface area (Å²) >= 11 is 0. The fourth-order valence-electron chi connectivity index (χ4n) is 1.05. The minimum absolute atomic E-state index is 0.264. The molecule has 0 fully saturated rings. The average molecular weight is 228 g/mol. The molecule has 0 spiro atoms. The summed E-state index contributed by atoms with van der Waals surface area (Å²) in [5.41, 5.74) is 0.264. The van der Waals surface area contributed by atoms with E-state index in [0.29, 0.717) is 0 Å². The second kappa shape index (κ2) is 3.75. The maximum absolute atomic E-state index is 11.8. The Morgan fingerprint density at radius 1 is 1.20 bits per heavy atom. The second-order valence-corrected chi connectivity index (χ2v) is 5.65. The first-order valence-electron chi connectivity index (χ1n) is 4.33. The number of rotatable bonds is 3. The van der Waals surface area contributed by atoms with Gasteiger partial charge in [-0.1, -0.05) is 30.3 Å². The van der Waals surface area contributed by atoms with Gasteiger partial charge in [0.05, 0.1) is 0 Å². The minimum Gasteiger partial charge on any atom is -0.292 e. The molecule has 0 unspecified atom stereocenters. The predicted octanol–water partition coefficient (Wildman–Crippen LogP) is 1.54. The van der Waals surface area contributed by atoms with Crippen LogP contribution >= 0.6 is 0 Å². The van der Waals surface area contributed by atoms with Crippen molar-refractivity contribution in [3.05, 3.63) is 35.9 Å². The molecular weight excluding hydrogens is 216 g/mol. The minimum atomic E-state index is -4.40. The standard InChI is InChI=1S/C10H12O4S/c1-10(2,15(12,13)14)9(11)8-6-4-3-5-7-8/h3-7H,1-2H3,(H,12,13,14). The molecule has 15 heavy (non-hydrogen) atoms. The van der Waals surface area contributed by atoms with Crippen LogP contribution in [0.5, 0.6) is 0 Å². The molecule has 0 bridgehead atoms. The van der Waals surface area contributed by atoms with E-state index >= 15 is 0 Å². The molecule has 82 valence electrons. The fourth-order valence-corrected chi connectivity index (χ4v) is 1.41. The summed E-state index contributed by atoms with van der Waals surface area (Å²) < 4.78 is 29.1. The van der Waals surface area contributed by atoms with Crippen molar-refractivity contribution in [1.82, 2.24) is 0 Å². The molecule has 0 aliphatic rings. The van der Waals surface area contributed by atoms with Crippen LogP contribution in [0, 0.1) is 0 Å². The molecule has 1 aromatic rings.